The smallest absolute Gasteiger partial charge is 0.317 e. The molecule has 1 atom stereocenters. The van der Waals surface area contributed by atoms with Gasteiger partial charge < -0.3 is 20.9 Å². The van der Waals surface area contributed by atoms with Gasteiger partial charge in [0.15, 0.2) is 0 Å². The highest BCUT2D eigenvalue weighted by Gasteiger charge is 2.36. The van der Waals surface area contributed by atoms with E-state index >= 15 is 0 Å². The largest absolute Gasteiger partial charge is 0.341 e. The monoisotopic (exact) mass is 332 g/mol. The van der Waals surface area contributed by atoms with E-state index in [4.69, 9.17) is 5.73 Å². The van der Waals surface area contributed by atoms with E-state index < -0.39 is 5.54 Å². The van der Waals surface area contributed by atoms with E-state index in [1.54, 1.807) is 0 Å². The molecule has 0 saturated carbocycles. The van der Waals surface area contributed by atoms with Crippen LogP contribution in [0.4, 0.5) is 4.79 Å². The van der Waals surface area contributed by atoms with Crippen LogP contribution < -0.4 is 11.1 Å². The average molecular weight is 333 g/mol. The van der Waals surface area contributed by atoms with Crippen LogP contribution in [0.1, 0.15) is 46.0 Å². The van der Waals surface area contributed by atoms with E-state index in [0.29, 0.717) is 19.5 Å². The Kier molecular flexibility index (Phi) is 6.94. The first-order valence-electron chi connectivity index (χ1n) is 8.08. The van der Waals surface area contributed by atoms with Crippen molar-refractivity contribution in [1.29, 1.82) is 0 Å². The number of hydrogen-bond acceptors (Lipinski definition) is 3. The maximum Gasteiger partial charge on any atom is 0.317 e. The quantitative estimate of drug-likeness (QED) is 0.815. The van der Waals surface area contributed by atoms with Gasteiger partial charge in [-0.25, -0.2) is 4.79 Å². The molecule has 22 heavy (non-hydrogen) atoms. The topological polar surface area (TPSA) is 78.7 Å². The highest BCUT2D eigenvalue weighted by atomic mass is 35.5. The van der Waals surface area contributed by atoms with E-state index in [2.05, 4.69) is 5.32 Å². The number of halogens is 1. The van der Waals surface area contributed by atoms with Crippen LogP contribution in [-0.2, 0) is 4.79 Å². The summed E-state index contributed by atoms with van der Waals surface area (Å²) in [5.74, 6) is 0.0471. The second-order valence-electron chi connectivity index (χ2n) is 6.47. The van der Waals surface area contributed by atoms with Gasteiger partial charge in [0.1, 0.15) is 0 Å². The van der Waals surface area contributed by atoms with Crippen molar-refractivity contribution in [2.75, 3.05) is 26.2 Å². The summed E-state index contributed by atoms with van der Waals surface area (Å²) in [5, 5.41) is 2.89. The molecule has 0 spiro atoms. The molecule has 1 unspecified atom stereocenters. The Hall–Kier alpha value is -1.01. The van der Waals surface area contributed by atoms with Gasteiger partial charge in [0, 0.05) is 32.2 Å². The van der Waals surface area contributed by atoms with E-state index in [1.165, 1.54) is 0 Å². The molecule has 0 radical (unpaired) electrons. The van der Waals surface area contributed by atoms with Crippen molar-refractivity contribution in [2.24, 2.45) is 5.73 Å². The van der Waals surface area contributed by atoms with E-state index in [1.807, 2.05) is 23.6 Å². The first-order chi connectivity index (χ1) is 9.95. The molecule has 0 bridgehead atoms. The first kappa shape index (κ1) is 19.0. The molecular weight excluding hydrogens is 304 g/mol. The Morgan fingerprint density at radius 2 is 2.00 bits per heavy atom. The second-order valence-corrected chi connectivity index (χ2v) is 6.47. The minimum atomic E-state index is -0.760. The molecule has 3 amide bonds. The van der Waals surface area contributed by atoms with Gasteiger partial charge >= 0.3 is 6.03 Å². The molecule has 7 heteroatoms. The Morgan fingerprint density at radius 1 is 1.36 bits per heavy atom. The molecule has 2 rings (SSSR count). The number of hydrogen-bond donors (Lipinski definition) is 2. The van der Waals surface area contributed by atoms with Gasteiger partial charge in [0.05, 0.1) is 5.54 Å². The highest BCUT2D eigenvalue weighted by Crippen LogP contribution is 2.21. The minimum absolute atomic E-state index is 0. The summed E-state index contributed by atoms with van der Waals surface area (Å²) >= 11 is 0. The van der Waals surface area contributed by atoms with E-state index in [9.17, 15) is 9.59 Å². The highest BCUT2D eigenvalue weighted by molar-refractivity contribution is 5.86. The van der Waals surface area contributed by atoms with Gasteiger partial charge in [-0.15, -0.1) is 12.4 Å². The lowest BCUT2D eigenvalue weighted by Gasteiger charge is -2.41. The summed E-state index contributed by atoms with van der Waals surface area (Å²) < 4.78 is 0. The maximum absolute atomic E-state index is 12.5. The minimum Gasteiger partial charge on any atom is -0.341 e. The van der Waals surface area contributed by atoms with Crippen molar-refractivity contribution < 1.29 is 9.59 Å². The Morgan fingerprint density at radius 3 is 2.55 bits per heavy atom. The second kappa shape index (κ2) is 8.02. The molecule has 0 aromatic rings. The molecule has 2 fully saturated rings. The zero-order valence-corrected chi connectivity index (χ0v) is 14.5. The number of nitrogens with one attached hydrogen (secondary N) is 1. The molecule has 0 aromatic heterocycles. The molecule has 128 valence electrons. The zero-order valence-electron chi connectivity index (χ0n) is 13.6. The third-order valence-electron chi connectivity index (χ3n) is 4.56. The summed E-state index contributed by atoms with van der Waals surface area (Å²) in [6, 6.07) is 0.297. The van der Waals surface area contributed by atoms with Crippen molar-refractivity contribution in [2.45, 2.75) is 57.5 Å². The first-order valence-corrected chi connectivity index (χ1v) is 8.08. The zero-order chi connectivity index (χ0) is 15.5. The van der Waals surface area contributed by atoms with Crippen LogP contribution in [-0.4, -0.2) is 59.5 Å². The Balaban J connectivity index is 0.00000242. The number of nitrogens with two attached hydrogens (primary N) is 1. The van der Waals surface area contributed by atoms with Gasteiger partial charge in [0.25, 0.3) is 0 Å². The van der Waals surface area contributed by atoms with Crippen LogP contribution >= 0.6 is 12.4 Å². The molecule has 3 N–H and O–H groups in total. The van der Waals surface area contributed by atoms with Crippen LogP contribution in [0.3, 0.4) is 0 Å². The number of likely N-dealkylation sites (tertiary alicyclic amines) is 1. The average Bonchev–Trinajstić information content (AvgIpc) is 2.47. The van der Waals surface area contributed by atoms with Gasteiger partial charge in [-0.3, -0.25) is 4.79 Å². The molecule has 2 saturated heterocycles. The summed E-state index contributed by atoms with van der Waals surface area (Å²) in [6.45, 7) is 6.86. The third-order valence-corrected chi connectivity index (χ3v) is 4.56. The summed E-state index contributed by atoms with van der Waals surface area (Å²) in [6.07, 6.45) is 4.31. The van der Waals surface area contributed by atoms with Crippen molar-refractivity contribution in [1.82, 2.24) is 15.1 Å². The Labute approximate surface area is 139 Å². The van der Waals surface area contributed by atoms with Gasteiger partial charge in [-0.05, 0) is 32.6 Å². The van der Waals surface area contributed by atoms with Gasteiger partial charge in [-0.1, -0.05) is 13.3 Å². The summed E-state index contributed by atoms with van der Waals surface area (Å²) in [4.78, 5) is 28.1. The molecule has 2 aliphatic heterocycles. The fraction of sp³-hybridized carbons (Fsp3) is 0.867. The fourth-order valence-corrected chi connectivity index (χ4v) is 3.36. The van der Waals surface area contributed by atoms with Crippen LogP contribution in [0.15, 0.2) is 0 Å². The summed E-state index contributed by atoms with van der Waals surface area (Å²) in [7, 11) is 0. The van der Waals surface area contributed by atoms with E-state index in [-0.39, 0.29) is 30.4 Å². The Bertz CT molecular complexity index is 395. The number of amides is 3. The van der Waals surface area contributed by atoms with Crippen molar-refractivity contribution in [3.8, 4) is 0 Å². The number of carbonyl (C=O) groups is 2. The maximum atomic E-state index is 12.5. The third kappa shape index (κ3) is 4.26. The normalized spacial score (nSPS) is 22.6. The predicted molar refractivity (Wildman–Crippen MR) is 89.1 cm³/mol. The molecular formula is C15H29ClN4O2. The lowest BCUT2D eigenvalue weighted by molar-refractivity contribution is -0.138. The van der Waals surface area contributed by atoms with Crippen molar-refractivity contribution in [3.05, 3.63) is 0 Å². The SMILES string of the molecule is CCCC(C)(N)C(=O)N1CCC(N2CCCNC2=O)CC1.Cl. The number of carbonyl (C=O) groups excluding carboxylic acids is 2. The lowest BCUT2D eigenvalue weighted by Crippen LogP contribution is -2.58. The summed E-state index contributed by atoms with van der Waals surface area (Å²) in [5.41, 5.74) is 5.38. The van der Waals surface area contributed by atoms with Crippen LogP contribution in [0.25, 0.3) is 0 Å². The van der Waals surface area contributed by atoms with Crippen LogP contribution in [0.2, 0.25) is 0 Å². The molecule has 0 aliphatic carbocycles. The predicted octanol–water partition coefficient (Wildman–Crippen LogP) is 1.33. The lowest BCUT2D eigenvalue weighted by atomic mass is 9.93. The number of urea groups is 1. The van der Waals surface area contributed by atoms with Gasteiger partial charge in [-0.2, -0.15) is 0 Å². The molecule has 2 heterocycles. The molecule has 2 aliphatic rings. The standard InChI is InChI=1S/C15H28N4O2.ClH/c1-3-7-15(2,16)13(20)18-10-5-12(6-11-18)19-9-4-8-17-14(19)21;/h12H,3-11,16H2,1-2H3,(H,17,21);1H. The van der Waals surface area contributed by atoms with Crippen molar-refractivity contribution >= 4 is 24.3 Å². The molecule has 6 nitrogen and oxygen atoms in total. The van der Waals surface area contributed by atoms with Crippen molar-refractivity contribution in [3.63, 3.8) is 0 Å². The van der Waals surface area contributed by atoms with Crippen LogP contribution in [0, 0.1) is 0 Å². The molecule has 0 aromatic carbocycles. The van der Waals surface area contributed by atoms with Crippen LogP contribution in [0.5, 0.6) is 0 Å². The fourth-order valence-electron chi connectivity index (χ4n) is 3.36. The number of nitrogens with zero attached hydrogens (tertiary/aromatic N) is 2. The van der Waals surface area contributed by atoms with E-state index in [0.717, 1.165) is 38.8 Å². The number of piperidine rings is 1. The van der Waals surface area contributed by atoms with Gasteiger partial charge in [0.2, 0.25) is 5.91 Å². The number of rotatable bonds is 4.